The molecule has 0 fully saturated rings. The lowest BCUT2D eigenvalue weighted by Gasteiger charge is -2.03. The van der Waals surface area contributed by atoms with Gasteiger partial charge in [0, 0.05) is 30.9 Å². The van der Waals surface area contributed by atoms with Gasteiger partial charge in [0.1, 0.15) is 12.4 Å². The molecule has 0 amide bonds. The summed E-state index contributed by atoms with van der Waals surface area (Å²) in [4.78, 5) is 8.24. The molecule has 0 bridgehead atoms. The summed E-state index contributed by atoms with van der Waals surface area (Å²) in [5.74, 6) is 1.48. The Hall–Kier alpha value is -3.40. The van der Waals surface area contributed by atoms with Crippen LogP contribution >= 0.6 is 0 Å². The van der Waals surface area contributed by atoms with Crippen LogP contribution in [0.15, 0.2) is 47.2 Å². The van der Waals surface area contributed by atoms with Crippen molar-refractivity contribution in [3.63, 3.8) is 0 Å². The van der Waals surface area contributed by atoms with Crippen molar-refractivity contribution in [1.82, 2.24) is 15.1 Å². The van der Waals surface area contributed by atoms with Crippen molar-refractivity contribution in [3.05, 3.63) is 54.0 Å². The molecule has 7 heteroatoms. The maximum Gasteiger partial charge on any atom is 0.213 e. The molecule has 0 unspecified atom stereocenters. The Balaban J connectivity index is 1.67. The SMILES string of the molecule is N#CCCOc1ccc(Cc2cc(-c3cccnc3N)on2)cn1. The Morgan fingerprint density at radius 2 is 2.17 bits per heavy atom. The minimum atomic E-state index is 0.335. The summed E-state index contributed by atoms with van der Waals surface area (Å²) >= 11 is 0. The lowest BCUT2D eigenvalue weighted by atomic mass is 10.1. The zero-order chi connectivity index (χ0) is 16.8. The molecular weight excluding hydrogens is 306 g/mol. The van der Waals surface area contributed by atoms with E-state index in [2.05, 4.69) is 15.1 Å². The van der Waals surface area contributed by atoms with E-state index in [1.807, 2.05) is 24.3 Å². The fourth-order valence-electron chi connectivity index (χ4n) is 2.16. The molecule has 0 radical (unpaired) electrons. The van der Waals surface area contributed by atoms with Crippen molar-refractivity contribution in [2.24, 2.45) is 0 Å². The molecular formula is C17H15N5O2. The molecule has 2 N–H and O–H groups in total. The number of nitrogens with two attached hydrogens (primary N) is 1. The molecule has 0 atom stereocenters. The van der Waals surface area contributed by atoms with Crippen molar-refractivity contribution in [2.45, 2.75) is 12.8 Å². The highest BCUT2D eigenvalue weighted by Gasteiger charge is 2.11. The topological polar surface area (TPSA) is 111 Å². The lowest BCUT2D eigenvalue weighted by molar-refractivity contribution is 0.314. The highest BCUT2D eigenvalue weighted by atomic mass is 16.5. The molecule has 3 heterocycles. The molecule has 0 aliphatic carbocycles. The summed E-state index contributed by atoms with van der Waals surface area (Å²) in [5, 5.41) is 12.5. The van der Waals surface area contributed by atoms with Crippen molar-refractivity contribution in [3.8, 4) is 23.3 Å². The minimum Gasteiger partial charge on any atom is -0.477 e. The highest BCUT2D eigenvalue weighted by molar-refractivity contribution is 5.69. The third-order valence-corrected chi connectivity index (χ3v) is 3.31. The Morgan fingerprint density at radius 1 is 1.25 bits per heavy atom. The molecule has 0 saturated carbocycles. The van der Waals surface area contributed by atoms with Gasteiger partial charge in [0.2, 0.25) is 5.88 Å². The molecule has 3 aromatic rings. The number of anilines is 1. The number of nitrogens with zero attached hydrogens (tertiary/aromatic N) is 4. The molecule has 3 rings (SSSR count). The van der Waals surface area contributed by atoms with Gasteiger partial charge in [-0.25, -0.2) is 9.97 Å². The van der Waals surface area contributed by atoms with Crippen LogP contribution < -0.4 is 10.5 Å². The van der Waals surface area contributed by atoms with Gasteiger partial charge in [0.15, 0.2) is 5.76 Å². The monoisotopic (exact) mass is 321 g/mol. The largest absolute Gasteiger partial charge is 0.477 e. The van der Waals surface area contributed by atoms with Gasteiger partial charge in [0.25, 0.3) is 0 Å². The average Bonchev–Trinajstić information content (AvgIpc) is 3.05. The summed E-state index contributed by atoms with van der Waals surface area (Å²) in [6, 6.07) is 11.2. The van der Waals surface area contributed by atoms with E-state index in [0.29, 0.717) is 36.9 Å². The van der Waals surface area contributed by atoms with E-state index in [0.717, 1.165) is 16.8 Å². The second-order valence-corrected chi connectivity index (χ2v) is 5.06. The molecule has 0 aromatic carbocycles. The third kappa shape index (κ3) is 3.67. The first-order valence-electron chi connectivity index (χ1n) is 7.37. The van der Waals surface area contributed by atoms with E-state index < -0.39 is 0 Å². The van der Waals surface area contributed by atoms with Crippen LogP contribution in [0.5, 0.6) is 5.88 Å². The fraction of sp³-hybridized carbons (Fsp3) is 0.176. The first-order valence-corrected chi connectivity index (χ1v) is 7.37. The van der Waals surface area contributed by atoms with Crippen molar-refractivity contribution >= 4 is 5.82 Å². The number of nitriles is 1. The minimum absolute atomic E-state index is 0.335. The number of rotatable bonds is 6. The van der Waals surface area contributed by atoms with Crippen molar-refractivity contribution in [1.29, 1.82) is 5.26 Å². The van der Waals surface area contributed by atoms with E-state index in [1.54, 1.807) is 24.5 Å². The zero-order valence-electron chi connectivity index (χ0n) is 12.8. The molecule has 0 aliphatic rings. The Bertz CT molecular complexity index is 852. The maximum atomic E-state index is 8.48. The van der Waals surface area contributed by atoms with Gasteiger partial charge in [-0.3, -0.25) is 0 Å². The van der Waals surface area contributed by atoms with Crippen molar-refractivity contribution < 1.29 is 9.26 Å². The first-order chi connectivity index (χ1) is 11.8. The predicted molar refractivity (Wildman–Crippen MR) is 86.9 cm³/mol. The van der Waals surface area contributed by atoms with Crippen LogP contribution in [0.3, 0.4) is 0 Å². The van der Waals surface area contributed by atoms with Crippen LogP contribution in [0.2, 0.25) is 0 Å². The molecule has 24 heavy (non-hydrogen) atoms. The van der Waals surface area contributed by atoms with Gasteiger partial charge in [-0.05, 0) is 17.7 Å². The van der Waals surface area contributed by atoms with Crippen LogP contribution in [0.1, 0.15) is 17.7 Å². The standard InChI is InChI=1S/C17H15N5O2/c18-6-2-8-23-16-5-4-12(11-21-16)9-13-10-15(24-22-13)14-3-1-7-20-17(14)19/h1,3-5,7,10-11H,2,8-9H2,(H2,19,20). The number of hydrogen-bond donors (Lipinski definition) is 1. The van der Waals surface area contributed by atoms with Crippen LogP contribution in [-0.2, 0) is 6.42 Å². The van der Waals surface area contributed by atoms with Crippen LogP contribution in [0.25, 0.3) is 11.3 Å². The third-order valence-electron chi connectivity index (χ3n) is 3.31. The Labute approximate surface area is 138 Å². The number of ether oxygens (including phenoxy) is 1. The van der Waals surface area contributed by atoms with Crippen LogP contribution in [0, 0.1) is 11.3 Å². The van der Waals surface area contributed by atoms with Gasteiger partial charge >= 0.3 is 0 Å². The molecule has 7 nitrogen and oxygen atoms in total. The van der Waals surface area contributed by atoms with Gasteiger partial charge in [-0.15, -0.1) is 0 Å². The summed E-state index contributed by atoms with van der Waals surface area (Å²) in [6.45, 7) is 0.335. The second-order valence-electron chi connectivity index (χ2n) is 5.06. The zero-order valence-corrected chi connectivity index (χ0v) is 12.8. The summed E-state index contributed by atoms with van der Waals surface area (Å²) in [7, 11) is 0. The van der Waals surface area contributed by atoms with E-state index in [-0.39, 0.29) is 0 Å². The van der Waals surface area contributed by atoms with Crippen LogP contribution in [0.4, 0.5) is 5.82 Å². The number of aromatic nitrogens is 3. The lowest BCUT2D eigenvalue weighted by Crippen LogP contribution is -1.98. The summed E-state index contributed by atoms with van der Waals surface area (Å²) < 4.78 is 10.7. The Kier molecular flexibility index (Phi) is 4.68. The van der Waals surface area contributed by atoms with Gasteiger partial charge in [-0.1, -0.05) is 11.2 Å². The predicted octanol–water partition coefficient (Wildman–Crippen LogP) is 2.60. The van der Waals surface area contributed by atoms with E-state index in [9.17, 15) is 0 Å². The van der Waals surface area contributed by atoms with E-state index >= 15 is 0 Å². The number of nitrogen functional groups attached to an aromatic ring is 1. The van der Waals surface area contributed by atoms with Crippen molar-refractivity contribution in [2.75, 3.05) is 12.3 Å². The first kappa shape index (κ1) is 15.5. The normalized spacial score (nSPS) is 10.3. The number of hydrogen-bond acceptors (Lipinski definition) is 7. The summed E-state index contributed by atoms with van der Waals surface area (Å²) in [6.07, 6.45) is 4.26. The molecule has 0 spiro atoms. The quantitative estimate of drug-likeness (QED) is 0.694. The second kappa shape index (κ2) is 7.24. The molecule has 0 saturated heterocycles. The van der Waals surface area contributed by atoms with Gasteiger partial charge in [0.05, 0.1) is 23.7 Å². The maximum absolute atomic E-state index is 8.48. The molecule has 120 valence electrons. The fourth-order valence-corrected chi connectivity index (χ4v) is 2.16. The molecule has 3 aromatic heterocycles. The van der Waals surface area contributed by atoms with E-state index in [4.69, 9.17) is 20.3 Å². The Morgan fingerprint density at radius 3 is 2.92 bits per heavy atom. The highest BCUT2D eigenvalue weighted by Crippen LogP contribution is 2.25. The number of pyridine rings is 2. The molecule has 0 aliphatic heterocycles. The van der Waals surface area contributed by atoms with Gasteiger partial charge < -0.3 is 15.0 Å². The summed E-state index contributed by atoms with van der Waals surface area (Å²) in [5.41, 5.74) is 8.30. The van der Waals surface area contributed by atoms with Crippen LogP contribution in [-0.4, -0.2) is 21.7 Å². The van der Waals surface area contributed by atoms with E-state index in [1.165, 1.54) is 0 Å². The van der Waals surface area contributed by atoms with Gasteiger partial charge in [-0.2, -0.15) is 5.26 Å². The smallest absolute Gasteiger partial charge is 0.213 e. The average molecular weight is 321 g/mol.